The van der Waals surface area contributed by atoms with Crippen molar-refractivity contribution in [3.63, 3.8) is 0 Å². The Kier molecular flexibility index (Phi) is 7.30. The van der Waals surface area contributed by atoms with Gasteiger partial charge in [-0.25, -0.2) is 14.8 Å². The Morgan fingerprint density at radius 2 is 1.65 bits per heavy atom. The first kappa shape index (κ1) is 23.9. The van der Waals surface area contributed by atoms with Gasteiger partial charge in [-0.3, -0.25) is 0 Å². The van der Waals surface area contributed by atoms with Gasteiger partial charge in [0.1, 0.15) is 0 Å². The highest BCUT2D eigenvalue weighted by Gasteiger charge is 2.23. The number of carboxylic acids is 1. The number of carboxylic acid groups (broad SMARTS) is 1. The zero-order valence-electron chi connectivity index (χ0n) is 20.5. The summed E-state index contributed by atoms with van der Waals surface area (Å²) in [5.74, 6) is 0.347. The summed E-state index contributed by atoms with van der Waals surface area (Å²) < 4.78 is 0. The zero-order chi connectivity index (χ0) is 24.1. The molecule has 178 valence electrons. The van der Waals surface area contributed by atoms with E-state index in [0.29, 0.717) is 24.0 Å². The quantitative estimate of drug-likeness (QED) is 0.492. The number of benzene rings is 2. The summed E-state index contributed by atoms with van der Waals surface area (Å²) in [7, 11) is 0. The zero-order valence-corrected chi connectivity index (χ0v) is 20.5. The van der Waals surface area contributed by atoms with Crippen LogP contribution in [0.4, 0.5) is 5.95 Å². The van der Waals surface area contributed by atoms with E-state index >= 15 is 0 Å². The van der Waals surface area contributed by atoms with Crippen LogP contribution in [0.2, 0.25) is 0 Å². The molecule has 1 saturated heterocycles. The molecule has 0 bridgehead atoms. The normalized spacial score (nSPS) is 14.9. The molecule has 1 aromatic heterocycles. The topological polar surface area (TPSA) is 66.3 Å². The Labute approximate surface area is 202 Å². The molecule has 1 aliphatic heterocycles. The second-order valence-corrected chi connectivity index (χ2v) is 10.4. The molecule has 34 heavy (non-hydrogen) atoms. The molecule has 2 aromatic carbocycles. The van der Waals surface area contributed by atoms with Crippen LogP contribution >= 0.6 is 0 Å². The number of aromatic nitrogens is 2. The smallest absolute Gasteiger partial charge is 0.339 e. The summed E-state index contributed by atoms with van der Waals surface area (Å²) in [5, 5.41) is 9.67. The van der Waals surface area contributed by atoms with Crippen molar-refractivity contribution in [2.45, 2.75) is 58.3 Å². The van der Waals surface area contributed by atoms with Crippen LogP contribution in [0.5, 0.6) is 0 Å². The van der Waals surface area contributed by atoms with Crippen molar-refractivity contribution in [2.24, 2.45) is 5.92 Å². The van der Waals surface area contributed by atoms with Gasteiger partial charge in [-0.1, -0.05) is 75.4 Å². The van der Waals surface area contributed by atoms with Crippen LogP contribution in [0.25, 0.3) is 0 Å². The molecule has 0 unspecified atom stereocenters. The molecule has 2 heterocycles. The highest BCUT2D eigenvalue weighted by molar-refractivity contribution is 5.88. The van der Waals surface area contributed by atoms with E-state index in [0.717, 1.165) is 38.8 Å². The number of piperidine rings is 1. The Balaban J connectivity index is 1.41. The highest BCUT2D eigenvalue weighted by atomic mass is 16.4. The predicted octanol–water partition coefficient (Wildman–Crippen LogP) is 5.72. The molecule has 4 rings (SSSR count). The summed E-state index contributed by atoms with van der Waals surface area (Å²) in [4.78, 5) is 23.2. The van der Waals surface area contributed by atoms with Crippen LogP contribution < -0.4 is 4.90 Å². The minimum Gasteiger partial charge on any atom is -0.478 e. The first-order chi connectivity index (χ1) is 16.3. The average Bonchev–Trinajstić information content (AvgIpc) is 2.83. The molecule has 0 aliphatic carbocycles. The van der Waals surface area contributed by atoms with Gasteiger partial charge in [0.25, 0.3) is 0 Å². The summed E-state index contributed by atoms with van der Waals surface area (Å²) in [6, 6.07) is 19.3. The van der Waals surface area contributed by atoms with Crippen LogP contribution in [0, 0.1) is 5.92 Å². The van der Waals surface area contributed by atoms with Crippen molar-refractivity contribution in [1.29, 1.82) is 0 Å². The number of hydrogen-bond donors (Lipinski definition) is 1. The highest BCUT2D eigenvalue weighted by Crippen LogP contribution is 2.25. The lowest BCUT2D eigenvalue weighted by Gasteiger charge is -2.32. The molecule has 1 aliphatic rings. The van der Waals surface area contributed by atoms with Gasteiger partial charge in [-0.15, -0.1) is 0 Å². The fourth-order valence-electron chi connectivity index (χ4n) is 4.65. The van der Waals surface area contributed by atoms with Gasteiger partial charge in [0.2, 0.25) is 5.95 Å². The number of carbonyl (C=O) groups is 1. The fraction of sp³-hybridized carbons (Fsp3) is 0.414. The standard InChI is InChI=1S/C29H35N3O2/c1-29(2,3)24-12-9-21(10-13-24)11-14-26-25(27(33)34)20-30-28(31-26)32-17-15-23(16-18-32)19-22-7-5-4-6-8-22/h4-10,12-13,20,23H,11,14-19H2,1-3H3,(H,33,34). The molecule has 1 fully saturated rings. The lowest BCUT2D eigenvalue weighted by Crippen LogP contribution is -2.35. The van der Waals surface area contributed by atoms with Gasteiger partial charge < -0.3 is 10.0 Å². The molecule has 0 spiro atoms. The van der Waals surface area contributed by atoms with Crippen molar-refractivity contribution in [3.05, 3.63) is 88.7 Å². The van der Waals surface area contributed by atoms with Crippen LogP contribution in [0.1, 0.15) is 66.4 Å². The lowest BCUT2D eigenvalue weighted by molar-refractivity contribution is 0.0694. The van der Waals surface area contributed by atoms with E-state index in [1.54, 1.807) is 0 Å². The van der Waals surface area contributed by atoms with E-state index in [-0.39, 0.29) is 11.0 Å². The van der Waals surface area contributed by atoms with Crippen molar-refractivity contribution in [3.8, 4) is 0 Å². The van der Waals surface area contributed by atoms with Gasteiger partial charge >= 0.3 is 5.97 Å². The third-order valence-electron chi connectivity index (χ3n) is 6.82. The van der Waals surface area contributed by atoms with E-state index in [9.17, 15) is 9.90 Å². The third-order valence-corrected chi connectivity index (χ3v) is 6.82. The van der Waals surface area contributed by atoms with Crippen LogP contribution in [0.15, 0.2) is 60.8 Å². The molecule has 5 nitrogen and oxygen atoms in total. The van der Waals surface area contributed by atoms with Gasteiger partial charge in [-0.05, 0) is 60.1 Å². The molecule has 1 N–H and O–H groups in total. The Morgan fingerprint density at radius 3 is 2.26 bits per heavy atom. The summed E-state index contributed by atoms with van der Waals surface area (Å²) in [5.41, 5.74) is 4.80. The van der Waals surface area contributed by atoms with Gasteiger partial charge in [0.05, 0.1) is 11.3 Å². The second kappa shape index (κ2) is 10.4. The maximum atomic E-state index is 11.8. The van der Waals surface area contributed by atoms with Crippen molar-refractivity contribution in [2.75, 3.05) is 18.0 Å². The maximum absolute atomic E-state index is 11.8. The van der Waals surface area contributed by atoms with Crippen molar-refractivity contribution < 1.29 is 9.90 Å². The molecule has 5 heteroatoms. The van der Waals surface area contributed by atoms with E-state index in [1.807, 2.05) is 0 Å². The Morgan fingerprint density at radius 1 is 0.971 bits per heavy atom. The number of nitrogens with zero attached hydrogens (tertiary/aromatic N) is 3. The van der Waals surface area contributed by atoms with Crippen LogP contribution in [-0.4, -0.2) is 34.1 Å². The number of aryl methyl sites for hydroxylation is 2. The van der Waals surface area contributed by atoms with Gasteiger partial charge in [-0.2, -0.15) is 0 Å². The molecular formula is C29H35N3O2. The summed E-state index contributed by atoms with van der Waals surface area (Å²) in [6.07, 6.45) is 6.10. The molecule has 0 atom stereocenters. The number of aromatic carboxylic acids is 1. The third kappa shape index (κ3) is 6.02. The van der Waals surface area contributed by atoms with Gasteiger partial charge in [0.15, 0.2) is 0 Å². The predicted molar refractivity (Wildman–Crippen MR) is 137 cm³/mol. The molecule has 0 saturated carbocycles. The van der Waals surface area contributed by atoms with Gasteiger partial charge in [0, 0.05) is 19.3 Å². The first-order valence-corrected chi connectivity index (χ1v) is 12.3. The molecule has 0 amide bonds. The lowest BCUT2D eigenvalue weighted by atomic mass is 9.86. The minimum atomic E-state index is -0.966. The maximum Gasteiger partial charge on any atom is 0.339 e. The van der Waals surface area contributed by atoms with Crippen molar-refractivity contribution >= 4 is 11.9 Å². The Hall–Kier alpha value is -3.21. The molecule has 3 aromatic rings. The first-order valence-electron chi connectivity index (χ1n) is 12.3. The van der Waals surface area contributed by atoms with Crippen LogP contribution in [0.3, 0.4) is 0 Å². The fourth-order valence-corrected chi connectivity index (χ4v) is 4.65. The van der Waals surface area contributed by atoms with E-state index in [4.69, 9.17) is 4.98 Å². The second-order valence-electron chi connectivity index (χ2n) is 10.4. The monoisotopic (exact) mass is 457 g/mol. The average molecular weight is 458 g/mol. The van der Waals surface area contributed by atoms with E-state index in [2.05, 4.69) is 85.3 Å². The summed E-state index contributed by atoms with van der Waals surface area (Å²) in [6.45, 7) is 8.41. The molecular weight excluding hydrogens is 422 g/mol. The van der Waals surface area contributed by atoms with E-state index < -0.39 is 5.97 Å². The number of anilines is 1. The van der Waals surface area contributed by atoms with E-state index in [1.165, 1.54) is 22.9 Å². The number of rotatable bonds is 7. The largest absolute Gasteiger partial charge is 0.478 e. The number of hydrogen-bond acceptors (Lipinski definition) is 4. The molecule has 0 radical (unpaired) electrons. The van der Waals surface area contributed by atoms with Crippen molar-refractivity contribution in [1.82, 2.24) is 9.97 Å². The minimum absolute atomic E-state index is 0.116. The van der Waals surface area contributed by atoms with Crippen LogP contribution in [-0.2, 0) is 24.7 Å². The summed E-state index contributed by atoms with van der Waals surface area (Å²) >= 11 is 0. The Bertz CT molecular complexity index is 1100. The SMILES string of the molecule is CC(C)(C)c1ccc(CCc2nc(N3CCC(Cc4ccccc4)CC3)ncc2C(=O)O)cc1.